The van der Waals surface area contributed by atoms with Gasteiger partial charge >= 0.3 is 12.1 Å². The number of hydrogen-bond donors (Lipinski definition) is 2. The molecule has 2 N–H and O–H groups in total. The first kappa shape index (κ1) is 18.8. The molecular weight excluding hydrogens is 385 g/mol. The Morgan fingerprint density at radius 2 is 1.96 bits per heavy atom. The van der Waals surface area contributed by atoms with Gasteiger partial charge in [-0.3, -0.25) is 4.79 Å². The van der Waals surface area contributed by atoms with Crippen molar-refractivity contribution in [3.05, 3.63) is 46.2 Å². The first-order chi connectivity index (χ1) is 12.8. The molecule has 0 aliphatic heterocycles. The number of carbonyl (C=O) groups is 2. The highest BCUT2D eigenvalue weighted by Crippen LogP contribution is 2.31. The van der Waals surface area contributed by atoms with Crippen LogP contribution in [-0.4, -0.2) is 38.1 Å². The van der Waals surface area contributed by atoms with Gasteiger partial charge in [-0.1, -0.05) is 12.1 Å². The Kier molecular flexibility index (Phi) is 5.13. The van der Waals surface area contributed by atoms with Gasteiger partial charge in [0.15, 0.2) is 5.69 Å². The van der Waals surface area contributed by atoms with Gasteiger partial charge in [-0.15, -0.1) is 11.3 Å². The monoisotopic (exact) mass is 398 g/mol. The molecule has 0 atom stereocenters. The number of carboxylic acid groups (broad SMARTS) is 1. The van der Waals surface area contributed by atoms with Crippen molar-refractivity contribution in [2.45, 2.75) is 19.1 Å². The Morgan fingerprint density at radius 1 is 1.22 bits per heavy atom. The van der Waals surface area contributed by atoms with Gasteiger partial charge in [-0.25, -0.2) is 14.8 Å². The quantitative estimate of drug-likeness (QED) is 0.665. The third-order valence-electron chi connectivity index (χ3n) is 3.64. The molecule has 0 unspecified atom stereocenters. The maximum Gasteiger partial charge on any atom is 0.449 e. The van der Waals surface area contributed by atoms with Gasteiger partial charge in [0.25, 0.3) is 0 Å². The number of thiazole rings is 1. The van der Waals surface area contributed by atoms with Crippen molar-refractivity contribution in [1.82, 2.24) is 19.9 Å². The number of nitrogens with one attached hydrogen (secondary N) is 1. The van der Waals surface area contributed by atoms with Gasteiger partial charge in [0.05, 0.1) is 16.0 Å². The van der Waals surface area contributed by atoms with Crippen LogP contribution in [0.5, 0.6) is 0 Å². The Bertz CT molecular complexity index is 996. The minimum absolute atomic E-state index is 0.0824. The molecule has 0 aliphatic rings. The standard InChI is InChI=1S/C16H13F3N4O3S/c17-16(18,19)15-22-9-3-1-2-4-11(9)23(15)7-12(24)20-6-5-13-21-10(8-27-13)14(25)26/h1-4,8H,5-7H2,(H,20,24)(H,25,26). The van der Waals surface area contributed by atoms with E-state index in [1.807, 2.05) is 0 Å². The molecule has 0 saturated heterocycles. The SMILES string of the molecule is O=C(Cn1c(C(F)(F)F)nc2ccccc21)NCCc1nc(C(=O)O)cs1. The fourth-order valence-electron chi connectivity index (χ4n) is 2.48. The van der Waals surface area contributed by atoms with Crippen molar-refractivity contribution in [2.24, 2.45) is 0 Å². The van der Waals surface area contributed by atoms with E-state index in [1.54, 1.807) is 12.1 Å². The number of carboxylic acids is 1. The van der Waals surface area contributed by atoms with Gasteiger partial charge in [0.1, 0.15) is 6.54 Å². The van der Waals surface area contributed by atoms with E-state index < -0.39 is 30.4 Å². The molecule has 3 rings (SSSR count). The van der Waals surface area contributed by atoms with Crippen LogP contribution in [-0.2, 0) is 23.9 Å². The van der Waals surface area contributed by atoms with Crippen molar-refractivity contribution in [2.75, 3.05) is 6.54 Å². The van der Waals surface area contributed by atoms with E-state index in [4.69, 9.17) is 5.11 Å². The summed E-state index contributed by atoms with van der Waals surface area (Å²) in [6.45, 7) is -0.410. The largest absolute Gasteiger partial charge is 0.476 e. The molecule has 0 spiro atoms. The second-order valence-corrected chi connectivity index (χ2v) is 6.48. The van der Waals surface area contributed by atoms with Gasteiger partial charge in [0.2, 0.25) is 11.7 Å². The van der Waals surface area contributed by atoms with E-state index in [2.05, 4.69) is 15.3 Å². The molecule has 0 bridgehead atoms. The maximum absolute atomic E-state index is 13.2. The molecule has 2 heterocycles. The third-order valence-corrected chi connectivity index (χ3v) is 4.55. The van der Waals surface area contributed by atoms with Crippen molar-refractivity contribution < 1.29 is 27.9 Å². The van der Waals surface area contributed by atoms with Crippen LogP contribution < -0.4 is 5.32 Å². The number of imidazole rings is 1. The zero-order chi connectivity index (χ0) is 19.6. The third kappa shape index (κ3) is 4.25. The molecular formula is C16H13F3N4O3S. The van der Waals surface area contributed by atoms with E-state index in [1.165, 1.54) is 17.5 Å². The topological polar surface area (TPSA) is 97.1 Å². The number of carbonyl (C=O) groups excluding carboxylic acids is 1. The summed E-state index contributed by atoms with van der Waals surface area (Å²) in [7, 11) is 0. The number of hydrogen-bond acceptors (Lipinski definition) is 5. The van der Waals surface area contributed by atoms with Crippen LogP contribution in [0.1, 0.15) is 21.3 Å². The molecule has 3 aromatic rings. The fourth-order valence-corrected chi connectivity index (χ4v) is 3.26. The number of alkyl halides is 3. The molecule has 1 amide bonds. The summed E-state index contributed by atoms with van der Waals surface area (Å²) >= 11 is 1.14. The lowest BCUT2D eigenvalue weighted by molar-refractivity contribution is -0.147. The first-order valence-corrected chi connectivity index (χ1v) is 8.60. The predicted molar refractivity (Wildman–Crippen MR) is 90.5 cm³/mol. The van der Waals surface area contributed by atoms with E-state index >= 15 is 0 Å². The van der Waals surface area contributed by atoms with Crippen molar-refractivity contribution in [3.8, 4) is 0 Å². The van der Waals surface area contributed by atoms with E-state index in [0.717, 1.165) is 15.9 Å². The normalized spacial score (nSPS) is 11.7. The predicted octanol–water partition coefficient (Wildman–Crippen LogP) is 2.57. The minimum atomic E-state index is -4.69. The van der Waals surface area contributed by atoms with Crippen LogP contribution in [0.2, 0.25) is 0 Å². The average molecular weight is 398 g/mol. The zero-order valence-corrected chi connectivity index (χ0v) is 14.5. The molecule has 1 aromatic carbocycles. The van der Waals surface area contributed by atoms with Gasteiger partial charge in [-0.05, 0) is 12.1 Å². The Morgan fingerprint density at radius 3 is 2.63 bits per heavy atom. The molecule has 142 valence electrons. The van der Waals surface area contributed by atoms with Gasteiger partial charge in [0, 0.05) is 18.3 Å². The number of benzene rings is 1. The van der Waals surface area contributed by atoms with Crippen LogP contribution in [0.4, 0.5) is 13.2 Å². The lowest BCUT2D eigenvalue weighted by Gasteiger charge is -2.11. The summed E-state index contributed by atoms with van der Waals surface area (Å²) in [6, 6.07) is 6.05. The highest BCUT2D eigenvalue weighted by molar-refractivity contribution is 7.09. The van der Waals surface area contributed by atoms with E-state index in [-0.39, 0.29) is 29.7 Å². The molecule has 7 nitrogen and oxygen atoms in total. The van der Waals surface area contributed by atoms with Gasteiger partial charge in [-0.2, -0.15) is 13.2 Å². The summed E-state index contributed by atoms with van der Waals surface area (Å²) in [6.07, 6.45) is -4.41. The number of aromatic nitrogens is 3. The molecule has 0 radical (unpaired) electrons. The number of rotatable bonds is 6. The van der Waals surface area contributed by atoms with Gasteiger partial charge < -0.3 is 15.0 Å². The van der Waals surface area contributed by atoms with Crippen LogP contribution in [0.3, 0.4) is 0 Å². The molecule has 27 heavy (non-hydrogen) atoms. The summed E-state index contributed by atoms with van der Waals surface area (Å²) in [5.41, 5.74) is 0.286. The van der Waals surface area contributed by atoms with Crippen LogP contribution in [0.25, 0.3) is 11.0 Å². The number of para-hydroxylation sites is 2. The van der Waals surface area contributed by atoms with Crippen molar-refractivity contribution in [1.29, 1.82) is 0 Å². The molecule has 2 aromatic heterocycles. The maximum atomic E-state index is 13.2. The zero-order valence-electron chi connectivity index (χ0n) is 13.7. The second-order valence-electron chi connectivity index (χ2n) is 5.54. The summed E-state index contributed by atoms with van der Waals surface area (Å²) < 4.78 is 40.5. The Labute approximate surface area is 154 Å². The smallest absolute Gasteiger partial charge is 0.449 e. The summed E-state index contributed by atoms with van der Waals surface area (Å²) in [5, 5.41) is 13.2. The Hall–Kier alpha value is -2.95. The highest BCUT2D eigenvalue weighted by atomic mass is 32.1. The van der Waals surface area contributed by atoms with Crippen molar-refractivity contribution in [3.63, 3.8) is 0 Å². The number of nitrogens with zero attached hydrogens (tertiary/aromatic N) is 3. The first-order valence-electron chi connectivity index (χ1n) is 7.72. The van der Waals surface area contributed by atoms with Crippen LogP contribution >= 0.6 is 11.3 Å². The summed E-state index contributed by atoms with van der Waals surface area (Å²) in [4.78, 5) is 30.3. The highest BCUT2D eigenvalue weighted by Gasteiger charge is 2.37. The molecule has 11 heteroatoms. The molecule has 0 fully saturated rings. The van der Waals surface area contributed by atoms with Crippen molar-refractivity contribution >= 4 is 34.2 Å². The second kappa shape index (κ2) is 7.35. The number of fused-ring (bicyclic) bond motifs is 1. The number of amides is 1. The fraction of sp³-hybridized carbons (Fsp3) is 0.250. The summed E-state index contributed by atoms with van der Waals surface area (Å²) in [5.74, 6) is -2.89. The number of aromatic carboxylic acids is 1. The lowest BCUT2D eigenvalue weighted by atomic mass is 10.3. The van der Waals surface area contributed by atoms with Crippen LogP contribution in [0.15, 0.2) is 29.6 Å². The average Bonchev–Trinajstić information content (AvgIpc) is 3.20. The number of halogens is 3. The minimum Gasteiger partial charge on any atom is -0.476 e. The van der Waals surface area contributed by atoms with E-state index in [9.17, 15) is 22.8 Å². The Balaban J connectivity index is 1.67. The molecule has 0 saturated carbocycles. The van der Waals surface area contributed by atoms with Crippen LogP contribution in [0, 0.1) is 0 Å². The molecule has 0 aliphatic carbocycles. The van der Waals surface area contributed by atoms with E-state index in [0.29, 0.717) is 5.01 Å². The lowest BCUT2D eigenvalue weighted by Crippen LogP contribution is -2.31.